The zero-order chi connectivity index (χ0) is 14.7. The Bertz CT molecular complexity index is 747. The summed E-state index contributed by atoms with van der Waals surface area (Å²) in [7, 11) is 0. The van der Waals surface area contributed by atoms with Crippen LogP contribution in [-0.4, -0.2) is 11.5 Å². The highest BCUT2D eigenvalue weighted by Gasteiger charge is 2.09. The Morgan fingerprint density at radius 1 is 0.952 bits per heavy atom. The maximum Gasteiger partial charge on any atom is 0.123 e. The first-order valence-corrected chi connectivity index (χ1v) is 7.22. The molecule has 1 aromatic heterocycles. The third-order valence-electron chi connectivity index (χ3n) is 3.67. The molecule has 0 aliphatic rings. The van der Waals surface area contributed by atoms with E-state index in [0.717, 1.165) is 18.8 Å². The lowest BCUT2D eigenvalue weighted by molar-refractivity contribution is 0.814. The predicted molar refractivity (Wildman–Crippen MR) is 89.3 cm³/mol. The van der Waals surface area contributed by atoms with Gasteiger partial charge in [0.1, 0.15) is 5.82 Å². The number of benzene rings is 2. The molecule has 1 heterocycles. The Hall–Kier alpha value is -2.55. The summed E-state index contributed by atoms with van der Waals surface area (Å²) >= 11 is 0. The van der Waals surface area contributed by atoms with Crippen molar-refractivity contribution in [2.75, 3.05) is 17.2 Å². The summed E-state index contributed by atoms with van der Waals surface area (Å²) in [5.41, 5.74) is 8.00. The van der Waals surface area contributed by atoms with Crippen molar-refractivity contribution < 1.29 is 0 Å². The SMILES string of the molecule is CCN(Cc1cccc(N)n1)c1cccc2ccccc12. The summed E-state index contributed by atoms with van der Waals surface area (Å²) in [5, 5.41) is 2.53. The van der Waals surface area contributed by atoms with Crippen LogP contribution in [0.2, 0.25) is 0 Å². The number of hydrogen-bond acceptors (Lipinski definition) is 3. The molecule has 21 heavy (non-hydrogen) atoms. The normalized spacial score (nSPS) is 10.7. The van der Waals surface area contributed by atoms with Crippen LogP contribution >= 0.6 is 0 Å². The molecule has 0 bridgehead atoms. The lowest BCUT2D eigenvalue weighted by atomic mass is 10.1. The van der Waals surface area contributed by atoms with Gasteiger partial charge in [0.05, 0.1) is 12.2 Å². The van der Waals surface area contributed by atoms with Gasteiger partial charge in [0.15, 0.2) is 0 Å². The summed E-state index contributed by atoms with van der Waals surface area (Å²) < 4.78 is 0. The van der Waals surface area contributed by atoms with E-state index >= 15 is 0 Å². The van der Waals surface area contributed by atoms with Gasteiger partial charge in [0.25, 0.3) is 0 Å². The third-order valence-corrected chi connectivity index (χ3v) is 3.67. The van der Waals surface area contributed by atoms with Crippen molar-refractivity contribution in [1.29, 1.82) is 0 Å². The van der Waals surface area contributed by atoms with Gasteiger partial charge in [-0.1, -0.05) is 42.5 Å². The maximum atomic E-state index is 5.78. The summed E-state index contributed by atoms with van der Waals surface area (Å²) in [6, 6.07) is 20.7. The Labute approximate surface area is 125 Å². The van der Waals surface area contributed by atoms with Crippen LogP contribution in [0.1, 0.15) is 12.6 Å². The smallest absolute Gasteiger partial charge is 0.123 e. The van der Waals surface area contributed by atoms with E-state index in [-0.39, 0.29) is 0 Å². The zero-order valence-corrected chi connectivity index (χ0v) is 12.2. The van der Waals surface area contributed by atoms with E-state index in [9.17, 15) is 0 Å². The molecule has 3 nitrogen and oxygen atoms in total. The molecule has 3 heteroatoms. The Kier molecular flexibility index (Phi) is 3.73. The number of fused-ring (bicyclic) bond motifs is 1. The first-order valence-electron chi connectivity index (χ1n) is 7.22. The molecule has 0 radical (unpaired) electrons. The highest BCUT2D eigenvalue weighted by molar-refractivity contribution is 5.94. The van der Waals surface area contributed by atoms with Crippen LogP contribution in [0.4, 0.5) is 11.5 Å². The summed E-state index contributed by atoms with van der Waals surface area (Å²) in [5.74, 6) is 0.571. The summed E-state index contributed by atoms with van der Waals surface area (Å²) in [6.45, 7) is 3.84. The standard InChI is InChI=1S/C18H19N3/c1-2-21(13-15-9-6-12-18(19)20-15)17-11-5-8-14-7-3-4-10-16(14)17/h3-12H,2,13H2,1H3,(H2,19,20). The molecule has 0 saturated carbocycles. The van der Waals surface area contributed by atoms with Crippen LogP contribution in [0.25, 0.3) is 10.8 Å². The second-order valence-electron chi connectivity index (χ2n) is 5.07. The minimum absolute atomic E-state index is 0.571. The molecule has 0 spiro atoms. The number of rotatable bonds is 4. The minimum atomic E-state index is 0.571. The maximum absolute atomic E-state index is 5.78. The van der Waals surface area contributed by atoms with Crippen molar-refractivity contribution in [3.05, 3.63) is 66.4 Å². The van der Waals surface area contributed by atoms with Crippen molar-refractivity contribution >= 4 is 22.3 Å². The first kappa shape index (κ1) is 13.4. The molecule has 0 unspecified atom stereocenters. The monoisotopic (exact) mass is 277 g/mol. The molecular formula is C18H19N3. The lowest BCUT2D eigenvalue weighted by Gasteiger charge is -2.24. The Balaban J connectivity index is 1.98. The molecule has 0 fully saturated rings. The molecule has 3 rings (SSSR count). The predicted octanol–water partition coefficient (Wildman–Crippen LogP) is 3.84. The summed E-state index contributed by atoms with van der Waals surface area (Å²) in [6.07, 6.45) is 0. The topological polar surface area (TPSA) is 42.1 Å². The summed E-state index contributed by atoms with van der Waals surface area (Å²) in [4.78, 5) is 6.73. The van der Waals surface area contributed by atoms with E-state index in [0.29, 0.717) is 5.82 Å². The number of nitrogens with two attached hydrogens (primary N) is 1. The molecular weight excluding hydrogens is 258 g/mol. The molecule has 0 aliphatic carbocycles. The first-order chi connectivity index (χ1) is 10.3. The molecule has 0 amide bonds. The van der Waals surface area contributed by atoms with Crippen molar-refractivity contribution in [2.45, 2.75) is 13.5 Å². The van der Waals surface area contributed by atoms with Crippen LogP contribution in [-0.2, 0) is 6.54 Å². The van der Waals surface area contributed by atoms with Gasteiger partial charge < -0.3 is 10.6 Å². The van der Waals surface area contributed by atoms with E-state index in [2.05, 4.69) is 59.3 Å². The molecule has 2 N–H and O–H groups in total. The second-order valence-corrected chi connectivity index (χ2v) is 5.07. The molecule has 3 aromatic rings. The fourth-order valence-electron chi connectivity index (χ4n) is 2.63. The van der Waals surface area contributed by atoms with E-state index in [1.165, 1.54) is 16.5 Å². The van der Waals surface area contributed by atoms with Gasteiger partial charge in [-0.25, -0.2) is 4.98 Å². The van der Waals surface area contributed by atoms with Gasteiger partial charge >= 0.3 is 0 Å². The Morgan fingerprint density at radius 3 is 2.52 bits per heavy atom. The Morgan fingerprint density at radius 2 is 1.71 bits per heavy atom. The van der Waals surface area contributed by atoms with Gasteiger partial charge in [-0.2, -0.15) is 0 Å². The van der Waals surface area contributed by atoms with Gasteiger partial charge in [-0.3, -0.25) is 0 Å². The number of pyridine rings is 1. The number of nitrogen functional groups attached to an aromatic ring is 1. The number of aromatic nitrogens is 1. The second kappa shape index (κ2) is 5.83. The number of anilines is 2. The van der Waals surface area contributed by atoms with Crippen LogP contribution in [0.5, 0.6) is 0 Å². The van der Waals surface area contributed by atoms with Crippen molar-refractivity contribution in [3.63, 3.8) is 0 Å². The van der Waals surface area contributed by atoms with Gasteiger partial charge in [-0.05, 0) is 30.5 Å². The highest BCUT2D eigenvalue weighted by atomic mass is 15.1. The molecule has 106 valence electrons. The molecule has 0 saturated heterocycles. The van der Waals surface area contributed by atoms with Gasteiger partial charge in [-0.15, -0.1) is 0 Å². The van der Waals surface area contributed by atoms with E-state index < -0.39 is 0 Å². The van der Waals surface area contributed by atoms with Crippen molar-refractivity contribution in [3.8, 4) is 0 Å². The largest absolute Gasteiger partial charge is 0.384 e. The average Bonchev–Trinajstić information content (AvgIpc) is 2.52. The quantitative estimate of drug-likeness (QED) is 0.787. The van der Waals surface area contributed by atoms with Crippen molar-refractivity contribution in [2.24, 2.45) is 0 Å². The minimum Gasteiger partial charge on any atom is -0.384 e. The van der Waals surface area contributed by atoms with Crippen LogP contribution < -0.4 is 10.6 Å². The fourth-order valence-corrected chi connectivity index (χ4v) is 2.63. The van der Waals surface area contributed by atoms with E-state index in [1.807, 2.05) is 18.2 Å². The van der Waals surface area contributed by atoms with Crippen LogP contribution in [0, 0.1) is 0 Å². The number of hydrogen-bond donors (Lipinski definition) is 1. The van der Waals surface area contributed by atoms with Gasteiger partial charge in [0, 0.05) is 17.6 Å². The average molecular weight is 277 g/mol. The van der Waals surface area contributed by atoms with E-state index in [4.69, 9.17) is 5.73 Å². The van der Waals surface area contributed by atoms with Crippen LogP contribution in [0.3, 0.4) is 0 Å². The number of nitrogens with zero attached hydrogens (tertiary/aromatic N) is 2. The molecule has 2 aromatic carbocycles. The van der Waals surface area contributed by atoms with Crippen LogP contribution in [0.15, 0.2) is 60.7 Å². The molecule has 0 aliphatic heterocycles. The molecule has 0 atom stereocenters. The van der Waals surface area contributed by atoms with E-state index in [1.54, 1.807) is 0 Å². The lowest BCUT2D eigenvalue weighted by Crippen LogP contribution is -2.23. The fraction of sp³-hybridized carbons (Fsp3) is 0.167. The van der Waals surface area contributed by atoms with Crippen molar-refractivity contribution in [1.82, 2.24) is 4.98 Å². The highest BCUT2D eigenvalue weighted by Crippen LogP contribution is 2.27. The third kappa shape index (κ3) is 2.82. The van der Waals surface area contributed by atoms with Gasteiger partial charge in [0.2, 0.25) is 0 Å². The zero-order valence-electron chi connectivity index (χ0n) is 12.2.